The molecule has 0 amide bonds. The molecule has 3 N–H and O–H groups in total. The normalized spacial score (nSPS) is 12.3. The van der Waals surface area contributed by atoms with Crippen LogP contribution in [0.15, 0.2) is 0 Å². The van der Waals surface area contributed by atoms with Gasteiger partial charge in [0.1, 0.15) is 0 Å². The summed E-state index contributed by atoms with van der Waals surface area (Å²) in [5.41, 5.74) is 5.41. The maximum Gasteiger partial charge on any atom is 1.00 e. The summed E-state index contributed by atoms with van der Waals surface area (Å²) in [6.07, 6.45) is 1.11. The van der Waals surface area contributed by atoms with Crippen molar-refractivity contribution in [2.75, 3.05) is 6.54 Å². The fourth-order valence-electron chi connectivity index (χ4n) is 1.18. The Labute approximate surface area is 118 Å². The molecular formula is C8H18KNO2. The standard InChI is InChI=1S/C8H17NO2.K.H/c1-6(2)3-7(5-9)4-8(10)11;;/h6-7H,3-5,9H2,1-2H3,(H,10,11);;/q;+1;-1/t7-;;/m0../s1. The molecule has 0 spiro atoms. The van der Waals surface area contributed by atoms with Gasteiger partial charge in [-0.25, -0.2) is 0 Å². The predicted molar refractivity (Wildman–Crippen MR) is 45.4 cm³/mol. The number of carboxylic acid groups (broad SMARTS) is 1. The van der Waals surface area contributed by atoms with Crippen LogP contribution in [0.25, 0.3) is 0 Å². The summed E-state index contributed by atoms with van der Waals surface area (Å²) in [6, 6.07) is 0. The summed E-state index contributed by atoms with van der Waals surface area (Å²) < 4.78 is 0. The molecule has 0 heterocycles. The second-order valence-electron chi connectivity index (χ2n) is 3.33. The van der Waals surface area contributed by atoms with E-state index in [1.54, 1.807) is 0 Å². The van der Waals surface area contributed by atoms with Crippen molar-refractivity contribution in [2.45, 2.75) is 26.7 Å². The van der Waals surface area contributed by atoms with Crippen molar-refractivity contribution in [3.8, 4) is 0 Å². The zero-order valence-electron chi connectivity index (χ0n) is 9.21. The van der Waals surface area contributed by atoms with E-state index in [0.717, 1.165) is 6.42 Å². The molecule has 0 aliphatic heterocycles. The van der Waals surface area contributed by atoms with Crippen LogP contribution in [0.2, 0.25) is 0 Å². The van der Waals surface area contributed by atoms with E-state index < -0.39 is 5.97 Å². The molecule has 0 fully saturated rings. The fourth-order valence-corrected chi connectivity index (χ4v) is 1.18. The van der Waals surface area contributed by atoms with Gasteiger partial charge in [-0.2, -0.15) is 0 Å². The first kappa shape index (κ1) is 15.5. The summed E-state index contributed by atoms with van der Waals surface area (Å²) in [4.78, 5) is 10.3. The average molecular weight is 199 g/mol. The molecule has 1 atom stereocenters. The van der Waals surface area contributed by atoms with E-state index in [2.05, 4.69) is 13.8 Å². The van der Waals surface area contributed by atoms with E-state index in [0.29, 0.717) is 12.5 Å². The Balaban J connectivity index is -0.000000500. The Morgan fingerprint density at radius 3 is 2.33 bits per heavy atom. The molecule has 0 aliphatic carbocycles. The molecule has 0 aromatic heterocycles. The minimum atomic E-state index is -0.749. The Kier molecular flexibility index (Phi) is 11.2. The smallest absolute Gasteiger partial charge is 1.00 e. The third kappa shape index (κ3) is 9.16. The number of aliphatic carboxylic acids is 1. The zero-order chi connectivity index (χ0) is 8.85. The number of hydrogen-bond acceptors (Lipinski definition) is 2. The van der Waals surface area contributed by atoms with Gasteiger partial charge in [0.25, 0.3) is 0 Å². The SMILES string of the molecule is CC(C)C[C@H](CN)CC(=O)O.[H-].[K+]. The van der Waals surface area contributed by atoms with Gasteiger partial charge in [0.2, 0.25) is 0 Å². The maximum atomic E-state index is 10.3. The molecule has 0 radical (unpaired) electrons. The molecule has 0 bridgehead atoms. The number of hydrogen-bond donors (Lipinski definition) is 2. The quantitative estimate of drug-likeness (QED) is 0.514. The van der Waals surface area contributed by atoms with E-state index in [1.165, 1.54) is 0 Å². The number of rotatable bonds is 5. The van der Waals surface area contributed by atoms with Crippen LogP contribution < -0.4 is 57.1 Å². The van der Waals surface area contributed by atoms with Crippen molar-refractivity contribution in [1.29, 1.82) is 0 Å². The maximum absolute atomic E-state index is 10.3. The van der Waals surface area contributed by atoms with Crippen LogP contribution in [0.4, 0.5) is 0 Å². The number of carbonyl (C=O) groups is 1. The Morgan fingerprint density at radius 1 is 1.58 bits per heavy atom. The molecule has 0 unspecified atom stereocenters. The second kappa shape index (κ2) is 8.66. The Morgan fingerprint density at radius 2 is 2.08 bits per heavy atom. The first-order valence-corrected chi connectivity index (χ1v) is 3.98. The first-order valence-electron chi connectivity index (χ1n) is 3.98. The molecule has 0 aromatic carbocycles. The van der Waals surface area contributed by atoms with Gasteiger partial charge in [0.05, 0.1) is 0 Å². The zero-order valence-corrected chi connectivity index (χ0v) is 11.3. The third-order valence-electron chi connectivity index (χ3n) is 1.60. The monoisotopic (exact) mass is 199 g/mol. The van der Waals surface area contributed by atoms with Crippen LogP contribution >= 0.6 is 0 Å². The van der Waals surface area contributed by atoms with Gasteiger partial charge in [-0.1, -0.05) is 13.8 Å². The van der Waals surface area contributed by atoms with Gasteiger partial charge in [-0.3, -0.25) is 4.79 Å². The molecule has 12 heavy (non-hydrogen) atoms. The van der Waals surface area contributed by atoms with Crippen molar-refractivity contribution >= 4 is 5.97 Å². The van der Waals surface area contributed by atoms with Gasteiger partial charge < -0.3 is 12.3 Å². The predicted octanol–water partition coefficient (Wildman–Crippen LogP) is -1.80. The summed E-state index contributed by atoms with van der Waals surface area (Å²) >= 11 is 0. The van der Waals surface area contributed by atoms with Gasteiger partial charge in [0.15, 0.2) is 0 Å². The van der Waals surface area contributed by atoms with Crippen LogP contribution in [-0.4, -0.2) is 17.6 Å². The minimum Gasteiger partial charge on any atom is -1.00 e. The topological polar surface area (TPSA) is 63.3 Å². The van der Waals surface area contributed by atoms with Crippen LogP contribution in [0, 0.1) is 11.8 Å². The van der Waals surface area contributed by atoms with Gasteiger partial charge in [-0.05, 0) is 24.8 Å². The van der Waals surface area contributed by atoms with Crippen molar-refractivity contribution in [2.24, 2.45) is 17.6 Å². The van der Waals surface area contributed by atoms with E-state index in [1.807, 2.05) is 0 Å². The Hall–Kier alpha value is 1.07. The molecule has 68 valence electrons. The molecule has 3 nitrogen and oxygen atoms in total. The average Bonchev–Trinajstić information content (AvgIpc) is 1.84. The summed E-state index contributed by atoms with van der Waals surface area (Å²) in [5, 5.41) is 8.47. The summed E-state index contributed by atoms with van der Waals surface area (Å²) in [5.74, 6) is -0.0727. The molecule has 4 heteroatoms. The van der Waals surface area contributed by atoms with Gasteiger partial charge in [-0.15, -0.1) is 0 Å². The van der Waals surface area contributed by atoms with Crippen molar-refractivity contribution < 1.29 is 62.7 Å². The van der Waals surface area contributed by atoms with E-state index in [9.17, 15) is 4.79 Å². The van der Waals surface area contributed by atoms with Crippen LogP contribution in [0.1, 0.15) is 28.1 Å². The molecular weight excluding hydrogens is 181 g/mol. The second-order valence-corrected chi connectivity index (χ2v) is 3.33. The number of nitrogens with two attached hydrogens (primary N) is 1. The molecule has 0 aromatic rings. The molecule has 0 saturated heterocycles. The van der Waals surface area contributed by atoms with Crippen LogP contribution in [0.5, 0.6) is 0 Å². The van der Waals surface area contributed by atoms with Crippen LogP contribution in [0.3, 0.4) is 0 Å². The van der Waals surface area contributed by atoms with Crippen LogP contribution in [-0.2, 0) is 4.79 Å². The third-order valence-corrected chi connectivity index (χ3v) is 1.60. The molecule has 0 rings (SSSR count). The number of carboxylic acids is 1. The summed E-state index contributed by atoms with van der Waals surface area (Å²) in [6.45, 7) is 4.62. The van der Waals surface area contributed by atoms with E-state index >= 15 is 0 Å². The summed E-state index contributed by atoms with van der Waals surface area (Å²) in [7, 11) is 0. The van der Waals surface area contributed by atoms with E-state index in [-0.39, 0.29) is 65.1 Å². The van der Waals surface area contributed by atoms with Crippen molar-refractivity contribution in [3.05, 3.63) is 0 Å². The first-order chi connectivity index (χ1) is 5.06. The van der Waals surface area contributed by atoms with Gasteiger partial charge in [0, 0.05) is 6.42 Å². The van der Waals surface area contributed by atoms with Gasteiger partial charge >= 0.3 is 57.4 Å². The van der Waals surface area contributed by atoms with Crippen molar-refractivity contribution in [1.82, 2.24) is 0 Å². The fraction of sp³-hybridized carbons (Fsp3) is 0.875. The Bertz CT molecular complexity index is 133. The minimum absolute atomic E-state index is 0. The molecule has 0 saturated carbocycles. The molecule has 0 aliphatic rings. The van der Waals surface area contributed by atoms with E-state index in [4.69, 9.17) is 10.8 Å². The van der Waals surface area contributed by atoms with Crippen molar-refractivity contribution in [3.63, 3.8) is 0 Å². The largest absolute Gasteiger partial charge is 1.00 e.